The highest BCUT2D eigenvalue weighted by Gasteiger charge is 2.46. The number of carbonyl (C=O) groups excluding carboxylic acids is 2. The lowest BCUT2D eigenvalue weighted by Crippen LogP contribution is -2.46. The molecule has 0 radical (unpaired) electrons. The summed E-state index contributed by atoms with van der Waals surface area (Å²) >= 11 is 0. The molecule has 5 heteroatoms. The second-order valence-electron chi connectivity index (χ2n) is 5.18. The van der Waals surface area contributed by atoms with E-state index >= 15 is 0 Å². The summed E-state index contributed by atoms with van der Waals surface area (Å²) in [5.41, 5.74) is -2.14. The molecule has 5 nitrogen and oxygen atoms in total. The van der Waals surface area contributed by atoms with Gasteiger partial charge in [0.2, 0.25) is 0 Å². The van der Waals surface area contributed by atoms with Crippen molar-refractivity contribution in [2.45, 2.75) is 52.1 Å². The average molecular weight is 282 g/mol. The van der Waals surface area contributed by atoms with Gasteiger partial charge in [-0.2, -0.15) is 0 Å². The lowest BCUT2D eigenvalue weighted by molar-refractivity contribution is -0.137. The minimum absolute atomic E-state index is 0.135. The fourth-order valence-corrected chi connectivity index (χ4v) is 2.35. The van der Waals surface area contributed by atoms with Crippen LogP contribution in [0, 0.1) is 5.92 Å². The van der Waals surface area contributed by atoms with E-state index in [-0.39, 0.29) is 18.4 Å². The summed E-state index contributed by atoms with van der Waals surface area (Å²) in [4.78, 5) is 23.9. The zero-order valence-corrected chi connectivity index (χ0v) is 12.1. The van der Waals surface area contributed by atoms with Crippen LogP contribution in [-0.4, -0.2) is 32.5 Å². The summed E-state index contributed by atoms with van der Waals surface area (Å²) in [6, 6.07) is 0. The van der Waals surface area contributed by atoms with Crippen molar-refractivity contribution in [1.29, 1.82) is 0 Å². The number of allylic oxidation sites excluding steroid dienone is 1. The molecule has 0 saturated heterocycles. The molecular formula is C15H22O5. The van der Waals surface area contributed by atoms with Gasteiger partial charge in [-0.1, -0.05) is 20.8 Å². The number of aliphatic hydroxyl groups excluding tert-OH is 2. The predicted octanol–water partition coefficient (Wildman–Crippen LogP) is 2.36. The molecule has 0 fully saturated rings. The van der Waals surface area contributed by atoms with Crippen LogP contribution in [0.25, 0.3) is 0 Å². The van der Waals surface area contributed by atoms with Gasteiger partial charge in [0.05, 0.1) is 11.5 Å². The molecule has 20 heavy (non-hydrogen) atoms. The van der Waals surface area contributed by atoms with Crippen molar-refractivity contribution >= 4 is 11.6 Å². The van der Waals surface area contributed by atoms with Gasteiger partial charge in [-0.05, 0) is 18.9 Å². The number of rotatable bonds is 6. The van der Waals surface area contributed by atoms with Crippen molar-refractivity contribution < 1.29 is 24.9 Å². The van der Waals surface area contributed by atoms with E-state index in [4.69, 9.17) is 0 Å². The second-order valence-corrected chi connectivity index (χ2v) is 5.18. The quantitative estimate of drug-likeness (QED) is 0.695. The van der Waals surface area contributed by atoms with Crippen LogP contribution in [0.3, 0.4) is 0 Å². The minimum atomic E-state index is -1.96. The van der Waals surface area contributed by atoms with Gasteiger partial charge in [-0.25, -0.2) is 0 Å². The highest BCUT2D eigenvalue weighted by Crippen LogP contribution is 2.36. The second kappa shape index (κ2) is 6.22. The maximum absolute atomic E-state index is 12.0. The van der Waals surface area contributed by atoms with Crippen LogP contribution in [-0.2, 0) is 9.59 Å². The zero-order valence-electron chi connectivity index (χ0n) is 12.1. The number of aliphatic hydroxyl groups is 3. The lowest BCUT2D eigenvalue weighted by Gasteiger charge is -2.34. The Hall–Kier alpha value is -1.62. The average Bonchev–Trinajstić information content (AvgIpc) is 2.36. The zero-order chi connectivity index (χ0) is 15.5. The molecule has 0 aromatic rings. The highest BCUT2D eigenvalue weighted by molar-refractivity contribution is 6.01. The molecule has 0 amide bonds. The van der Waals surface area contributed by atoms with Gasteiger partial charge in [0.25, 0.3) is 0 Å². The van der Waals surface area contributed by atoms with Crippen LogP contribution < -0.4 is 0 Å². The van der Waals surface area contributed by atoms with Gasteiger partial charge < -0.3 is 15.3 Å². The fraction of sp³-hybridized carbons (Fsp3) is 0.600. The predicted molar refractivity (Wildman–Crippen MR) is 74.3 cm³/mol. The minimum Gasteiger partial charge on any atom is -0.511 e. The largest absolute Gasteiger partial charge is 0.511 e. The van der Waals surface area contributed by atoms with E-state index in [1.165, 1.54) is 6.92 Å². The normalized spacial score (nSPS) is 26.4. The molecule has 0 bridgehead atoms. The summed E-state index contributed by atoms with van der Waals surface area (Å²) < 4.78 is 0. The van der Waals surface area contributed by atoms with E-state index in [2.05, 4.69) is 0 Å². The Morgan fingerprint density at radius 3 is 2.25 bits per heavy atom. The van der Waals surface area contributed by atoms with Crippen LogP contribution in [0.15, 0.2) is 23.2 Å². The summed E-state index contributed by atoms with van der Waals surface area (Å²) in [5.74, 6) is -2.77. The van der Waals surface area contributed by atoms with Crippen molar-refractivity contribution in [3.8, 4) is 0 Å². The van der Waals surface area contributed by atoms with Crippen molar-refractivity contribution in [3.05, 3.63) is 23.2 Å². The molecule has 112 valence electrons. The Morgan fingerprint density at radius 2 is 1.75 bits per heavy atom. The summed E-state index contributed by atoms with van der Waals surface area (Å²) in [7, 11) is 0. The molecule has 1 aliphatic carbocycles. The van der Waals surface area contributed by atoms with Crippen molar-refractivity contribution in [2.75, 3.05) is 0 Å². The SMILES string of the molecule is CCCC(=O)C1=C(O)C(C)C(O)(C(=O)CCC)C=C1O. The number of Topliss-reactive ketones (excluding diaryl/α,β-unsaturated/α-hetero) is 2. The fourth-order valence-electron chi connectivity index (χ4n) is 2.35. The molecule has 0 spiro atoms. The molecule has 0 aliphatic heterocycles. The Bertz CT molecular complexity index is 475. The van der Waals surface area contributed by atoms with Gasteiger partial charge in [-0.3, -0.25) is 9.59 Å². The van der Waals surface area contributed by atoms with E-state index in [9.17, 15) is 24.9 Å². The van der Waals surface area contributed by atoms with Gasteiger partial charge in [-0.15, -0.1) is 0 Å². The molecule has 0 heterocycles. The first-order valence-electron chi connectivity index (χ1n) is 6.93. The third-order valence-electron chi connectivity index (χ3n) is 3.62. The van der Waals surface area contributed by atoms with Gasteiger partial charge >= 0.3 is 0 Å². The van der Waals surface area contributed by atoms with Crippen molar-refractivity contribution in [3.63, 3.8) is 0 Å². The van der Waals surface area contributed by atoms with Gasteiger partial charge in [0.15, 0.2) is 17.2 Å². The van der Waals surface area contributed by atoms with Gasteiger partial charge in [0.1, 0.15) is 11.5 Å². The lowest BCUT2D eigenvalue weighted by atomic mass is 9.75. The molecule has 0 aromatic heterocycles. The Morgan fingerprint density at radius 1 is 1.20 bits per heavy atom. The van der Waals surface area contributed by atoms with E-state index in [1.54, 1.807) is 6.92 Å². The third kappa shape index (κ3) is 2.77. The highest BCUT2D eigenvalue weighted by atomic mass is 16.3. The summed E-state index contributed by atoms with van der Waals surface area (Å²) in [6.07, 6.45) is 2.44. The van der Waals surface area contributed by atoms with Crippen LogP contribution in [0.1, 0.15) is 46.5 Å². The Kier molecular flexibility index (Phi) is 5.11. The molecule has 0 saturated carbocycles. The summed E-state index contributed by atoms with van der Waals surface area (Å²) in [6.45, 7) is 5.07. The number of hydrogen-bond acceptors (Lipinski definition) is 5. The van der Waals surface area contributed by atoms with Gasteiger partial charge in [0, 0.05) is 12.8 Å². The number of hydrogen-bond donors (Lipinski definition) is 3. The van der Waals surface area contributed by atoms with Crippen LogP contribution in [0.4, 0.5) is 0 Å². The first-order valence-corrected chi connectivity index (χ1v) is 6.93. The molecule has 2 atom stereocenters. The van der Waals surface area contributed by atoms with Crippen LogP contribution >= 0.6 is 0 Å². The smallest absolute Gasteiger partial charge is 0.169 e. The first-order chi connectivity index (χ1) is 9.29. The van der Waals surface area contributed by atoms with E-state index in [0.717, 1.165) is 6.08 Å². The van der Waals surface area contributed by atoms with Crippen LogP contribution in [0.2, 0.25) is 0 Å². The molecule has 1 aliphatic rings. The van der Waals surface area contributed by atoms with Crippen LogP contribution in [0.5, 0.6) is 0 Å². The van der Waals surface area contributed by atoms with E-state index in [0.29, 0.717) is 12.8 Å². The van der Waals surface area contributed by atoms with Crippen molar-refractivity contribution in [2.24, 2.45) is 5.92 Å². The topological polar surface area (TPSA) is 94.8 Å². The molecule has 1 rings (SSSR count). The van der Waals surface area contributed by atoms with E-state index < -0.39 is 34.6 Å². The first kappa shape index (κ1) is 16.4. The molecular weight excluding hydrogens is 260 g/mol. The van der Waals surface area contributed by atoms with E-state index in [1.807, 2.05) is 6.92 Å². The monoisotopic (exact) mass is 282 g/mol. The number of carbonyl (C=O) groups is 2. The molecule has 3 N–H and O–H groups in total. The Balaban J connectivity index is 3.21. The molecule has 0 aromatic carbocycles. The Labute approximate surface area is 118 Å². The summed E-state index contributed by atoms with van der Waals surface area (Å²) in [5, 5.41) is 30.4. The standard InChI is InChI=1S/C15H22O5/c1-4-6-10(16)13-11(17)8-15(20,9(3)14(13)19)12(18)7-5-2/h8-9,17,19-20H,4-7H2,1-3H3. The third-order valence-corrected chi connectivity index (χ3v) is 3.62. The maximum Gasteiger partial charge on any atom is 0.169 e. The van der Waals surface area contributed by atoms with Crippen molar-refractivity contribution in [1.82, 2.24) is 0 Å². The maximum atomic E-state index is 12.0. The number of ketones is 2. The molecule has 2 unspecified atom stereocenters.